The van der Waals surface area contributed by atoms with Crippen molar-refractivity contribution in [3.05, 3.63) is 53.6 Å². The van der Waals surface area contributed by atoms with Gasteiger partial charge in [0.05, 0.1) is 15.1 Å². The number of hydrogen-bond donors (Lipinski definition) is 2. The van der Waals surface area contributed by atoms with Gasteiger partial charge in [-0.3, -0.25) is 9.59 Å². The number of carbonyl (C=O) groups excluding carboxylic acids is 2. The molecule has 1 aromatic heterocycles. The molecule has 2 N–H and O–H groups in total. The van der Waals surface area contributed by atoms with Crippen molar-refractivity contribution in [2.75, 3.05) is 18.1 Å². The maximum absolute atomic E-state index is 12.3. The molecule has 9 heteroatoms. The lowest BCUT2D eigenvalue weighted by Crippen LogP contribution is -2.27. The molecule has 0 aliphatic rings. The Hall–Kier alpha value is -2.78. The normalized spacial score (nSPS) is 12.0. The van der Waals surface area contributed by atoms with Crippen molar-refractivity contribution < 1.29 is 18.0 Å². The molecule has 3 aromatic rings. The van der Waals surface area contributed by atoms with E-state index in [9.17, 15) is 18.0 Å². The fourth-order valence-corrected chi connectivity index (χ4v) is 4.53. The van der Waals surface area contributed by atoms with Crippen LogP contribution in [0.25, 0.3) is 10.2 Å². The fourth-order valence-electron chi connectivity index (χ4n) is 2.88. The first kappa shape index (κ1) is 22.9. The highest BCUT2D eigenvalue weighted by Crippen LogP contribution is 2.28. The van der Waals surface area contributed by atoms with Crippen molar-refractivity contribution in [1.82, 2.24) is 10.3 Å². The number of amides is 2. The lowest BCUT2D eigenvalue weighted by molar-refractivity contribution is -0.116. The molecule has 0 atom stereocenters. The van der Waals surface area contributed by atoms with E-state index in [1.54, 1.807) is 24.3 Å². The lowest BCUT2D eigenvalue weighted by atomic mass is 9.87. The van der Waals surface area contributed by atoms with Crippen LogP contribution in [-0.4, -0.2) is 38.0 Å². The smallest absolute Gasteiger partial charge is 0.251 e. The van der Waals surface area contributed by atoms with Gasteiger partial charge < -0.3 is 10.6 Å². The third-order valence-electron chi connectivity index (χ3n) is 4.69. The second-order valence-electron chi connectivity index (χ2n) is 8.30. The van der Waals surface area contributed by atoms with E-state index >= 15 is 0 Å². The standard InChI is InChI=1S/C22H25N3O4S2/c1-22(2,3)15-7-5-14(6-8-15)20(27)23-12-11-19(26)25-21-24-17-10-9-16(31(4,28)29)13-18(17)30-21/h5-10,13H,11-12H2,1-4H3,(H,23,27)(H,24,25,26). The minimum atomic E-state index is -3.31. The Kier molecular flexibility index (Phi) is 6.47. The van der Waals surface area contributed by atoms with E-state index in [0.717, 1.165) is 11.8 Å². The molecule has 1 heterocycles. The third kappa shape index (κ3) is 5.89. The second-order valence-corrected chi connectivity index (χ2v) is 11.3. The van der Waals surface area contributed by atoms with Crippen molar-refractivity contribution in [3.63, 3.8) is 0 Å². The van der Waals surface area contributed by atoms with E-state index in [-0.39, 0.29) is 35.1 Å². The SMILES string of the molecule is CC(C)(C)c1ccc(C(=O)NCCC(=O)Nc2nc3ccc(S(C)(=O)=O)cc3s2)cc1. The van der Waals surface area contributed by atoms with Crippen LogP contribution in [0.3, 0.4) is 0 Å². The van der Waals surface area contributed by atoms with Gasteiger partial charge in [-0.15, -0.1) is 0 Å². The molecule has 31 heavy (non-hydrogen) atoms. The minimum Gasteiger partial charge on any atom is -0.352 e. The number of fused-ring (bicyclic) bond motifs is 1. The maximum atomic E-state index is 12.3. The number of nitrogens with zero attached hydrogens (tertiary/aromatic N) is 1. The van der Waals surface area contributed by atoms with Gasteiger partial charge in [-0.1, -0.05) is 44.2 Å². The van der Waals surface area contributed by atoms with Crippen LogP contribution in [0.1, 0.15) is 43.1 Å². The fraction of sp³-hybridized carbons (Fsp3) is 0.318. The van der Waals surface area contributed by atoms with Crippen LogP contribution in [0.5, 0.6) is 0 Å². The minimum absolute atomic E-state index is 0.0140. The predicted octanol–water partition coefficient (Wildman–Crippen LogP) is 3.76. The summed E-state index contributed by atoms with van der Waals surface area (Å²) in [6.07, 6.45) is 1.24. The molecule has 0 fully saturated rings. The number of thiazole rings is 1. The molecule has 0 aliphatic carbocycles. The molecule has 2 aromatic carbocycles. The molecule has 2 amide bonds. The van der Waals surface area contributed by atoms with Crippen LogP contribution in [0.15, 0.2) is 47.4 Å². The van der Waals surface area contributed by atoms with Crippen molar-refractivity contribution in [1.29, 1.82) is 0 Å². The van der Waals surface area contributed by atoms with Gasteiger partial charge in [0.15, 0.2) is 15.0 Å². The zero-order chi connectivity index (χ0) is 22.8. The molecule has 0 aliphatic heterocycles. The van der Waals surface area contributed by atoms with Crippen LogP contribution in [-0.2, 0) is 20.0 Å². The Bertz CT molecular complexity index is 1220. The van der Waals surface area contributed by atoms with Gasteiger partial charge in [0.2, 0.25) is 5.91 Å². The molecule has 164 valence electrons. The lowest BCUT2D eigenvalue weighted by Gasteiger charge is -2.19. The number of aromatic nitrogens is 1. The Morgan fingerprint density at radius 2 is 1.74 bits per heavy atom. The number of carbonyl (C=O) groups is 2. The van der Waals surface area contributed by atoms with Crippen LogP contribution in [0.2, 0.25) is 0 Å². The van der Waals surface area contributed by atoms with E-state index in [1.807, 2.05) is 12.1 Å². The number of hydrogen-bond acceptors (Lipinski definition) is 6. The molecule has 3 rings (SSSR count). The average Bonchev–Trinajstić information content (AvgIpc) is 3.08. The average molecular weight is 460 g/mol. The van der Waals surface area contributed by atoms with Gasteiger partial charge in [-0.2, -0.15) is 0 Å². The summed E-state index contributed by atoms with van der Waals surface area (Å²) < 4.78 is 24.0. The molecule has 7 nitrogen and oxygen atoms in total. The molecule has 0 spiro atoms. The number of anilines is 1. The number of rotatable bonds is 6. The Morgan fingerprint density at radius 3 is 2.35 bits per heavy atom. The third-order valence-corrected chi connectivity index (χ3v) is 6.73. The zero-order valence-electron chi connectivity index (χ0n) is 17.9. The summed E-state index contributed by atoms with van der Waals surface area (Å²) in [6, 6.07) is 12.1. The highest BCUT2D eigenvalue weighted by atomic mass is 32.2. The molecule has 0 saturated heterocycles. The van der Waals surface area contributed by atoms with Crippen molar-refractivity contribution in [3.8, 4) is 0 Å². The second kappa shape index (κ2) is 8.76. The van der Waals surface area contributed by atoms with Gasteiger partial charge >= 0.3 is 0 Å². The van der Waals surface area contributed by atoms with Gasteiger partial charge in [0.25, 0.3) is 5.91 Å². The number of sulfone groups is 1. The first-order chi connectivity index (χ1) is 14.4. The summed E-state index contributed by atoms with van der Waals surface area (Å²) in [5, 5.41) is 5.82. The van der Waals surface area contributed by atoms with E-state index in [1.165, 1.54) is 17.4 Å². The van der Waals surface area contributed by atoms with E-state index in [4.69, 9.17) is 0 Å². The summed E-state index contributed by atoms with van der Waals surface area (Å²) in [5.74, 6) is -0.521. The van der Waals surface area contributed by atoms with Crippen molar-refractivity contribution in [2.24, 2.45) is 0 Å². The van der Waals surface area contributed by atoms with Gasteiger partial charge in [-0.25, -0.2) is 13.4 Å². The Balaban J connectivity index is 1.54. The quantitative estimate of drug-likeness (QED) is 0.584. The van der Waals surface area contributed by atoms with Crippen LogP contribution in [0.4, 0.5) is 5.13 Å². The molecule has 0 radical (unpaired) electrons. The summed E-state index contributed by atoms with van der Waals surface area (Å²) in [6.45, 7) is 6.51. The highest BCUT2D eigenvalue weighted by Gasteiger charge is 2.15. The zero-order valence-corrected chi connectivity index (χ0v) is 19.5. The van der Waals surface area contributed by atoms with E-state index in [2.05, 4.69) is 36.4 Å². The van der Waals surface area contributed by atoms with Crippen LogP contribution >= 0.6 is 11.3 Å². The van der Waals surface area contributed by atoms with E-state index in [0.29, 0.717) is 20.9 Å². The molecular formula is C22H25N3O4S2. The summed E-state index contributed by atoms with van der Waals surface area (Å²) in [5.41, 5.74) is 2.31. The number of benzene rings is 2. The van der Waals surface area contributed by atoms with Crippen LogP contribution < -0.4 is 10.6 Å². The molecule has 0 unspecified atom stereocenters. The largest absolute Gasteiger partial charge is 0.352 e. The van der Waals surface area contributed by atoms with Gasteiger partial charge in [0, 0.05) is 24.8 Å². The van der Waals surface area contributed by atoms with Gasteiger partial charge in [-0.05, 0) is 41.3 Å². The van der Waals surface area contributed by atoms with E-state index < -0.39 is 9.84 Å². The van der Waals surface area contributed by atoms with Crippen molar-refractivity contribution >= 4 is 48.3 Å². The summed E-state index contributed by atoms with van der Waals surface area (Å²) in [4.78, 5) is 29.0. The van der Waals surface area contributed by atoms with Crippen LogP contribution in [0, 0.1) is 0 Å². The van der Waals surface area contributed by atoms with Gasteiger partial charge in [0.1, 0.15) is 0 Å². The molecule has 0 bridgehead atoms. The first-order valence-corrected chi connectivity index (χ1v) is 12.4. The highest BCUT2D eigenvalue weighted by molar-refractivity contribution is 7.90. The first-order valence-electron chi connectivity index (χ1n) is 9.73. The topological polar surface area (TPSA) is 105 Å². The summed E-state index contributed by atoms with van der Waals surface area (Å²) >= 11 is 1.20. The monoisotopic (exact) mass is 459 g/mol. The predicted molar refractivity (Wildman–Crippen MR) is 123 cm³/mol. The number of nitrogens with one attached hydrogen (secondary N) is 2. The summed E-state index contributed by atoms with van der Waals surface area (Å²) in [7, 11) is -3.31. The Labute approximate surface area is 185 Å². The Morgan fingerprint density at radius 1 is 1.06 bits per heavy atom. The maximum Gasteiger partial charge on any atom is 0.251 e. The molecule has 0 saturated carbocycles. The molecular weight excluding hydrogens is 434 g/mol. The van der Waals surface area contributed by atoms with Crippen molar-refractivity contribution in [2.45, 2.75) is 37.5 Å².